The summed E-state index contributed by atoms with van der Waals surface area (Å²) in [6.07, 6.45) is 4.07. The van der Waals surface area contributed by atoms with E-state index in [1.165, 1.54) is 10.6 Å². The second kappa shape index (κ2) is 9.27. The number of halogens is 1. The van der Waals surface area contributed by atoms with Crippen LogP contribution in [0.3, 0.4) is 0 Å². The van der Waals surface area contributed by atoms with Crippen LogP contribution in [-0.4, -0.2) is 44.5 Å². The highest BCUT2D eigenvalue weighted by Gasteiger charge is 2.16. The number of hydrogen-bond acceptors (Lipinski definition) is 3. The molecule has 5 nitrogen and oxygen atoms in total. The molecule has 0 radical (unpaired) electrons. The van der Waals surface area contributed by atoms with Gasteiger partial charge >= 0.3 is 0 Å². The Labute approximate surface area is 141 Å². The van der Waals surface area contributed by atoms with Gasteiger partial charge in [-0.15, -0.1) is 0 Å². The lowest BCUT2D eigenvalue weighted by atomic mass is 10.2. The first kappa shape index (κ1) is 19.1. The number of carbonyl (C=O) groups is 1. The Kier molecular flexibility index (Phi) is 8.06. The molecule has 0 heterocycles. The Morgan fingerprint density at radius 1 is 1.23 bits per heavy atom. The molecular formula is C15H23BrN2O3S. The number of nitrogens with zero attached hydrogens (tertiary/aromatic N) is 1. The normalized spacial score (nSPS) is 11.6. The van der Waals surface area contributed by atoms with Crippen molar-refractivity contribution < 1.29 is 13.2 Å². The zero-order valence-corrected chi connectivity index (χ0v) is 15.4. The van der Waals surface area contributed by atoms with E-state index >= 15 is 0 Å². The number of carbonyl (C=O) groups excluding carboxylic acids is 1. The summed E-state index contributed by atoms with van der Waals surface area (Å²) < 4.78 is 25.6. The van der Waals surface area contributed by atoms with Gasteiger partial charge in [0.05, 0.1) is 11.8 Å². The molecule has 0 aliphatic heterocycles. The summed E-state index contributed by atoms with van der Waals surface area (Å²) in [5, 5.41) is 2.76. The highest BCUT2D eigenvalue weighted by atomic mass is 79.9. The SMILES string of the molecule is CCCCCN(CCNC(=O)c1ccccc1Br)S(C)(=O)=O. The van der Waals surface area contributed by atoms with E-state index in [1.54, 1.807) is 18.2 Å². The van der Waals surface area contributed by atoms with Gasteiger partial charge < -0.3 is 5.32 Å². The van der Waals surface area contributed by atoms with Crippen molar-refractivity contribution in [2.24, 2.45) is 0 Å². The van der Waals surface area contributed by atoms with E-state index in [-0.39, 0.29) is 5.91 Å². The average molecular weight is 391 g/mol. The molecule has 0 saturated heterocycles. The number of sulfonamides is 1. The van der Waals surface area contributed by atoms with Crippen molar-refractivity contribution in [3.63, 3.8) is 0 Å². The van der Waals surface area contributed by atoms with E-state index in [0.29, 0.717) is 25.2 Å². The topological polar surface area (TPSA) is 66.5 Å². The lowest BCUT2D eigenvalue weighted by Crippen LogP contribution is -2.38. The predicted octanol–water partition coefficient (Wildman–Crippen LogP) is 2.63. The van der Waals surface area contributed by atoms with Gasteiger partial charge in [0.15, 0.2) is 0 Å². The smallest absolute Gasteiger partial charge is 0.252 e. The third kappa shape index (κ3) is 6.46. The molecule has 0 atom stereocenters. The molecule has 0 spiro atoms. The molecule has 0 fully saturated rings. The van der Waals surface area contributed by atoms with Gasteiger partial charge in [-0.3, -0.25) is 4.79 Å². The third-order valence-corrected chi connectivity index (χ3v) is 5.24. The Balaban J connectivity index is 2.52. The number of hydrogen-bond donors (Lipinski definition) is 1. The standard InChI is InChI=1S/C15H23BrN2O3S/c1-3-4-7-11-18(22(2,20)21)12-10-17-15(19)13-8-5-6-9-14(13)16/h5-6,8-9H,3-4,7,10-12H2,1-2H3,(H,17,19). The van der Waals surface area contributed by atoms with Crippen LogP contribution in [-0.2, 0) is 10.0 Å². The fraction of sp³-hybridized carbons (Fsp3) is 0.533. The molecule has 1 aromatic carbocycles. The molecule has 1 N–H and O–H groups in total. The average Bonchev–Trinajstić information content (AvgIpc) is 2.45. The first-order chi connectivity index (χ1) is 10.4. The van der Waals surface area contributed by atoms with Crippen LogP contribution in [0.15, 0.2) is 28.7 Å². The van der Waals surface area contributed by atoms with E-state index < -0.39 is 10.0 Å². The van der Waals surface area contributed by atoms with E-state index in [2.05, 4.69) is 28.2 Å². The summed E-state index contributed by atoms with van der Waals surface area (Å²) in [5.74, 6) is -0.213. The molecule has 1 amide bonds. The molecule has 0 aliphatic rings. The van der Waals surface area contributed by atoms with Crippen LogP contribution in [0.4, 0.5) is 0 Å². The summed E-state index contributed by atoms with van der Waals surface area (Å²) >= 11 is 3.32. The molecule has 124 valence electrons. The number of rotatable bonds is 9. The number of nitrogens with one attached hydrogen (secondary N) is 1. The predicted molar refractivity (Wildman–Crippen MR) is 92.4 cm³/mol. The minimum Gasteiger partial charge on any atom is -0.351 e. The van der Waals surface area contributed by atoms with Gasteiger partial charge in [-0.1, -0.05) is 31.9 Å². The van der Waals surface area contributed by atoms with Crippen molar-refractivity contribution in [1.29, 1.82) is 0 Å². The van der Waals surface area contributed by atoms with Gasteiger partial charge in [-0.2, -0.15) is 0 Å². The second-order valence-electron chi connectivity index (χ2n) is 5.10. The van der Waals surface area contributed by atoms with Gasteiger partial charge in [0.1, 0.15) is 0 Å². The minimum absolute atomic E-state index is 0.213. The molecule has 1 rings (SSSR count). The Morgan fingerprint density at radius 3 is 2.50 bits per heavy atom. The second-order valence-corrected chi connectivity index (χ2v) is 7.94. The fourth-order valence-corrected chi connectivity index (χ4v) is 3.36. The number of amides is 1. The van der Waals surface area contributed by atoms with E-state index in [0.717, 1.165) is 23.7 Å². The van der Waals surface area contributed by atoms with Crippen molar-refractivity contribution >= 4 is 31.9 Å². The molecule has 0 unspecified atom stereocenters. The third-order valence-electron chi connectivity index (χ3n) is 3.25. The molecule has 0 aliphatic carbocycles. The van der Waals surface area contributed by atoms with E-state index in [9.17, 15) is 13.2 Å². The lowest BCUT2D eigenvalue weighted by molar-refractivity contribution is 0.0951. The maximum Gasteiger partial charge on any atom is 0.252 e. The lowest BCUT2D eigenvalue weighted by Gasteiger charge is -2.20. The first-order valence-electron chi connectivity index (χ1n) is 7.34. The van der Waals surface area contributed by atoms with Crippen LogP contribution in [0.25, 0.3) is 0 Å². The maximum atomic E-state index is 12.0. The van der Waals surface area contributed by atoms with Crippen molar-refractivity contribution in [3.05, 3.63) is 34.3 Å². The zero-order valence-electron chi connectivity index (χ0n) is 13.0. The number of benzene rings is 1. The van der Waals surface area contributed by atoms with Gasteiger partial charge in [-0.05, 0) is 34.5 Å². The molecule has 0 bridgehead atoms. The summed E-state index contributed by atoms with van der Waals surface area (Å²) in [7, 11) is -3.24. The Bertz CT molecular complexity index is 590. The van der Waals surface area contributed by atoms with Crippen molar-refractivity contribution in [2.75, 3.05) is 25.9 Å². The highest BCUT2D eigenvalue weighted by molar-refractivity contribution is 9.10. The molecule has 0 saturated carbocycles. The summed E-state index contributed by atoms with van der Waals surface area (Å²) in [6, 6.07) is 7.13. The number of unbranched alkanes of at least 4 members (excludes halogenated alkanes) is 2. The zero-order chi connectivity index (χ0) is 16.6. The summed E-state index contributed by atoms with van der Waals surface area (Å²) in [4.78, 5) is 12.0. The molecule has 0 aromatic heterocycles. The van der Waals surface area contributed by atoms with Crippen LogP contribution in [0.5, 0.6) is 0 Å². The van der Waals surface area contributed by atoms with Crippen LogP contribution in [0.1, 0.15) is 36.5 Å². The minimum atomic E-state index is -3.24. The fourth-order valence-electron chi connectivity index (χ4n) is 2.02. The Morgan fingerprint density at radius 2 is 1.91 bits per heavy atom. The maximum absolute atomic E-state index is 12.0. The summed E-state index contributed by atoms with van der Waals surface area (Å²) in [5.41, 5.74) is 0.541. The van der Waals surface area contributed by atoms with Gasteiger partial charge in [0.2, 0.25) is 10.0 Å². The molecule has 1 aromatic rings. The summed E-state index contributed by atoms with van der Waals surface area (Å²) in [6.45, 7) is 3.15. The van der Waals surface area contributed by atoms with Crippen molar-refractivity contribution in [3.8, 4) is 0 Å². The van der Waals surface area contributed by atoms with E-state index in [4.69, 9.17) is 0 Å². The molecule has 22 heavy (non-hydrogen) atoms. The van der Waals surface area contributed by atoms with Crippen molar-refractivity contribution in [2.45, 2.75) is 26.2 Å². The van der Waals surface area contributed by atoms with E-state index in [1.807, 2.05) is 6.07 Å². The molecule has 7 heteroatoms. The van der Waals surface area contributed by atoms with Crippen LogP contribution < -0.4 is 5.32 Å². The van der Waals surface area contributed by atoms with Gasteiger partial charge in [-0.25, -0.2) is 12.7 Å². The first-order valence-corrected chi connectivity index (χ1v) is 9.98. The van der Waals surface area contributed by atoms with Gasteiger partial charge in [0.25, 0.3) is 5.91 Å². The van der Waals surface area contributed by atoms with Crippen molar-refractivity contribution in [1.82, 2.24) is 9.62 Å². The quantitative estimate of drug-likeness (QED) is 0.658. The van der Waals surface area contributed by atoms with Crippen LogP contribution in [0, 0.1) is 0 Å². The van der Waals surface area contributed by atoms with Crippen LogP contribution >= 0.6 is 15.9 Å². The van der Waals surface area contributed by atoms with Crippen LogP contribution in [0.2, 0.25) is 0 Å². The largest absolute Gasteiger partial charge is 0.351 e. The Hall–Kier alpha value is -0.920. The monoisotopic (exact) mass is 390 g/mol. The highest BCUT2D eigenvalue weighted by Crippen LogP contribution is 2.15. The van der Waals surface area contributed by atoms with Gasteiger partial charge in [0, 0.05) is 24.1 Å². The molecular weight excluding hydrogens is 368 g/mol.